The molecule has 2 atom stereocenters. The van der Waals surface area contributed by atoms with Crippen molar-refractivity contribution in [3.63, 3.8) is 0 Å². The van der Waals surface area contributed by atoms with Crippen LogP contribution in [0.4, 0.5) is 11.6 Å². The number of amides is 3. The van der Waals surface area contributed by atoms with Crippen molar-refractivity contribution in [2.24, 2.45) is 13.0 Å². The van der Waals surface area contributed by atoms with Gasteiger partial charge < -0.3 is 35.8 Å². The van der Waals surface area contributed by atoms with Crippen molar-refractivity contribution in [3.05, 3.63) is 127 Å². The van der Waals surface area contributed by atoms with Gasteiger partial charge in [-0.2, -0.15) is 5.10 Å². The van der Waals surface area contributed by atoms with E-state index >= 15 is 0 Å². The smallest absolute Gasteiger partial charge is 0.426 e. The van der Waals surface area contributed by atoms with Gasteiger partial charge in [-0.3, -0.25) is 24.0 Å². The molecule has 2 aromatic carbocycles. The van der Waals surface area contributed by atoms with E-state index in [1.807, 2.05) is 81.8 Å². The van der Waals surface area contributed by atoms with Gasteiger partial charge in [-0.25, -0.2) is 15.0 Å². The van der Waals surface area contributed by atoms with E-state index in [4.69, 9.17) is 0 Å². The monoisotopic (exact) mass is 811 g/mol. The van der Waals surface area contributed by atoms with Crippen molar-refractivity contribution in [1.82, 2.24) is 45.2 Å². The van der Waals surface area contributed by atoms with Crippen LogP contribution < -0.4 is 20.9 Å². The summed E-state index contributed by atoms with van der Waals surface area (Å²) in [6, 6.07) is 20.0. The lowest BCUT2D eigenvalue weighted by Gasteiger charge is -2.33. The third-order valence-electron chi connectivity index (χ3n) is 9.95. The number of aromatic nitrogens is 6. The highest BCUT2D eigenvalue weighted by atomic mass is 16.4. The molecular formula is C43H50BN11O5. The van der Waals surface area contributed by atoms with Crippen LogP contribution in [0.1, 0.15) is 46.7 Å². The SMILES string of the molecule is CC(C)CC(NC(=O)C(Cc1ccccc1)NC(=O)c1cnccn1)B(O)O.CN1CCN(c2cc(C(=O)Nc3cc4cc(-c5cnn(C)c5)ccc4cn3)ccn2)CC1. The second-order valence-corrected chi connectivity index (χ2v) is 15.1. The zero-order chi connectivity index (χ0) is 42.6. The molecule has 0 saturated carbocycles. The molecule has 4 aromatic heterocycles. The van der Waals surface area contributed by atoms with Crippen LogP contribution in [0.3, 0.4) is 0 Å². The molecule has 0 spiro atoms. The summed E-state index contributed by atoms with van der Waals surface area (Å²) >= 11 is 0. The van der Waals surface area contributed by atoms with Gasteiger partial charge in [0, 0.05) is 87.1 Å². The lowest BCUT2D eigenvalue weighted by Crippen LogP contribution is -2.55. The molecule has 3 amide bonds. The van der Waals surface area contributed by atoms with Gasteiger partial charge >= 0.3 is 7.12 Å². The molecule has 2 unspecified atom stereocenters. The van der Waals surface area contributed by atoms with Crippen molar-refractivity contribution < 1.29 is 24.4 Å². The van der Waals surface area contributed by atoms with Crippen molar-refractivity contribution in [1.29, 1.82) is 0 Å². The maximum absolute atomic E-state index is 12.9. The molecule has 0 bridgehead atoms. The summed E-state index contributed by atoms with van der Waals surface area (Å²) in [7, 11) is 2.32. The van der Waals surface area contributed by atoms with Gasteiger partial charge in [-0.15, -0.1) is 0 Å². The Morgan fingerprint density at radius 2 is 1.57 bits per heavy atom. The molecule has 16 nitrogen and oxygen atoms in total. The zero-order valence-electron chi connectivity index (χ0n) is 34.1. The number of aryl methyl sites for hydroxylation is 1. The largest absolute Gasteiger partial charge is 0.475 e. The number of anilines is 2. The number of fused-ring (bicyclic) bond motifs is 1. The molecule has 6 aromatic rings. The Bertz CT molecular complexity index is 2360. The highest BCUT2D eigenvalue weighted by molar-refractivity contribution is 6.43. The number of carbonyl (C=O) groups is 3. The summed E-state index contributed by atoms with van der Waals surface area (Å²) < 4.78 is 1.78. The predicted molar refractivity (Wildman–Crippen MR) is 231 cm³/mol. The van der Waals surface area contributed by atoms with E-state index in [-0.39, 0.29) is 23.9 Å². The molecule has 5 heterocycles. The Balaban J connectivity index is 0.000000204. The predicted octanol–water partition coefficient (Wildman–Crippen LogP) is 3.40. The van der Waals surface area contributed by atoms with E-state index in [0.717, 1.165) is 59.5 Å². The Labute approximate surface area is 349 Å². The molecule has 310 valence electrons. The first-order valence-corrected chi connectivity index (χ1v) is 19.8. The fourth-order valence-electron chi connectivity index (χ4n) is 6.67. The van der Waals surface area contributed by atoms with Crippen LogP contribution in [-0.4, -0.2) is 115 Å². The summed E-state index contributed by atoms with van der Waals surface area (Å²) in [4.78, 5) is 59.4. The highest BCUT2D eigenvalue weighted by Gasteiger charge is 2.30. The standard InChI is InChI=1S/C24H25N7O.C19H25BN4O4/c1-29-7-9-31(10-8-29)23-13-18(5-6-25-23)24(32)28-22-12-20-11-17(3-4-19(20)14-26-22)21-15-27-30(2)16-21;1-13(2)10-17(20(27)28)24-18(25)15(11-14-6-4-3-5-7-14)23-19(26)16-12-21-8-9-22-16/h3-6,11-16H,7-10H2,1-2H3,(H,26,28,32);3-9,12-13,15,17,27-28H,10-11H2,1-2H3,(H,23,26)(H,24,25). The highest BCUT2D eigenvalue weighted by Crippen LogP contribution is 2.25. The first kappa shape index (κ1) is 43.0. The van der Waals surface area contributed by atoms with Crippen LogP contribution in [0.25, 0.3) is 21.9 Å². The number of piperazine rings is 1. The third kappa shape index (κ3) is 12.0. The number of hydrogen-bond acceptors (Lipinski definition) is 12. The molecule has 1 fully saturated rings. The minimum Gasteiger partial charge on any atom is -0.426 e. The van der Waals surface area contributed by atoms with Gasteiger partial charge in [0.2, 0.25) is 5.91 Å². The van der Waals surface area contributed by atoms with Gasteiger partial charge in [0.15, 0.2) is 0 Å². The average Bonchev–Trinajstić information content (AvgIpc) is 3.70. The number of rotatable bonds is 13. The van der Waals surface area contributed by atoms with Crippen LogP contribution in [0.2, 0.25) is 0 Å². The van der Waals surface area contributed by atoms with Gasteiger partial charge in [-0.1, -0.05) is 56.3 Å². The minimum absolute atomic E-state index is 0.0919. The van der Waals surface area contributed by atoms with Crippen molar-refractivity contribution in [2.75, 3.05) is 43.4 Å². The maximum atomic E-state index is 12.9. The lowest BCUT2D eigenvalue weighted by molar-refractivity contribution is -0.123. The average molecular weight is 812 g/mol. The molecular weight excluding hydrogens is 761 g/mol. The lowest BCUT2D eigenvalue weighted by atomic mass is 9.75. The number of carbonyl (C=O) groups excluding carboxylic acids is 3. The van der Waals surface area contributed by atoms with E-state index in [0.29, 0.717) is 17.8 Å². The molecule has 5 N–H and O–H groups in total. The van der Waals surface area contributed by atoms with E-state index < -0.39 is 30.9 Å². The molecule has 17 heteroatoms. The van der Waals surface area contributed by atoms with E-state index in [2.05, 4.69) is 70.0 Å². The van der Waals surface area contributed by atoms with Gasteiger partial charge in [-0.05, 0) is 60.2 Å². The second-order valence-electron chi connectivity index (χ2n) is 15.1. The molecule has 60 heavy (non-hydrogen) atoms. The molecule has 0 radical (unpaired) electrons. The number of benzene rings is 2. The van der Waals surface area contributed by atoms with E-state index in [1.165, 1.54) is 18.6 Å². The molecule has 1 saturated heterocycles. The normalized spacial score (nSPS) is 13.8. The molecule has 1 aliphatic rings. The van der Waals surface area contributed by atoms with Gasteiger partial charge in [0.05, 0.1) is 18.3 Å². The zero-order valence-corrected chi connectivity index (χ0v) is 34.1. The van der Waals surface area contributed by atoms with E-state index in [9.17, 15) is 24.4 Å². The Morgan fingerprint density at radius 1 is 0.783 bits per heavy atom. The van der Waals surface area contributed by atoms with Crippen molar-refractivity contribution in [3.8, 4) is 11.1 Å². The summed E-state index contributed by atoms with van der Waals surface area (Å²) in [6.07, 6.45) is 12.1. The Morgan fingerprint density at radius 3 is 2.25 bits per heavy atom. The number of nitrogens with one attached hydrogen (secondary N) is 3. The Hall–Kier alpha value is -6.56. The first-order chi connectivity index (χ1) is 28.9. The van der Waals surface area contributed by atoms with Crippen LogP contribution >= 0.6 is 0 Å². The molecule has 7 rings (SSSR count). The quantitative estimate of drug-likeness (QED) is 0.107. The van der Waals surface area contributed by atoms with Crippen LogP contribution in [0.5, 0.6) is 0 Å². The summed E-state index contributed by atoms with van der Waals surface area (Å²) in [5.41, 5.74) is 3.63. The van der Waals surface area contributed by atoms with Gasteiger partial charge in [0.25, 0.3) is 11.8 Å². The van der Waals surface area contributed by atoms with E-state index in [1.54, 1.807) is 23.1 Å². The number of hydrogen-bond donors (Lipinski definition) is 5. The third-order valence-corrected chi connectivity index (χ3v) is 9.95. The summed E-state index contributed by atoms with van der Waals surface area (Å²) in [5, 5.41) is 33.6. The molecule has 1 aliphatic heterocycles. The van der Waals surface area contributed by atoms with Crippen molar-refractivity contribution in [2.45, 2.75) is 38.7 Å². The maximum Gasteiger partial charge on any atom is 0.475 e. The molecule has 0 aliphatic carbocycles. The summed E-state index contributed by atoms with van der Waals surface area (Å²) in [6.45, 7) is 7.61. The van der Waals surface area contributed by atoms with Crippen LogP contribution in [0, 0.1) is 5.92 Å². The topological polar surface area (TPSA) is 204 Å². The fourth-order valence-corrected chi connectivity index (χ4v) is 6.67. The first-order valence-electron chi connectivity index (χ1n) is 19.8. The summed E-state index contributed by atoms with van der Waals surface area (Å²) in [5.74, 6) is -0.567. The van der Waals surface area contributed by atoms with Crippen LogP contribution in [0.15, 0.2) is 110 Å². The van der Waals surface area contributed by atoms with Crippen molar-refractivity contribution >= 4 is 47.2 Å². The minimum atomic E-state index is -1.69. The second kappa shape index (κ2) is 20.4. The Kier molecular flexibility index (Phi) is 14.6. The van der Waals surface area contributed by atoms with Crippen LogP contribution in [-0.2, 0) is 18.3 Å². The fraction of sp³-hybridized carbons (Fsp3) is 0.302. The number of nitrogens with zero attached hydrogens (tertiary/aromatic N) is 8. The number of pyridine rings is 2. The van der Waals surface area contributed by atoms with Gasteiger partial charge in [0.1, 0.15) is 23.4 Å². The number of likely N-dealkylation sites (N-methyl/N-ethyl adjacent to an activating group) is 1.